The minimum atomic E-state index is 0.778. The van der Waals surface area contributed by atoms with E-state index in [1.807, 2.05) is 62.4 Å². The van der Waals surface area contributed by atoms with Crippen LogP contribution in [0.1, 0.15) is 13.8 Å². The molecule has 2 aromatic carbocycles. The van der Waals surface area contributed by atoms with E-state index in [0.717, 1.165) is 35.8 Å². The predicted octanol–water partition coefficient (Wildman–Crippen LogP) is 3.40. The Labute approximate surface area is 121 Å². The van der Waals surface area contributed by atoms with Crippen molar-refractivity contribution < 1.29 is 0 Å². The number of nitrogen functional groups attached to an aromatic ring is 2. The number of benzene rings is 2. The molecule has 0 aliphatic heterocycles. The Balaban J connectivity index is 0.000000956. The summed E-state index contributed by atoms with van der Waals surface area (Å²) in [5.41, 5.74) is 14.9. The summed E-state index contributed by atoms with van der Waals surface area (Å²) in [5, 5.41) is 6.62. The van der Waals surface area contributed by atoms with Gasteiger partial charge in [0.25, 0.3) is 0 Å². The minimum Gasteiger partial charge on any atom is -0.399 e. The predicted molar refractivity (Wildman–Crippen MR) is 90.0 cm³/mol. The highest BCUT2D eigenvalue weighted by Crippen LogP contribution is 2.11. The molecule has 108 valence electrons. The normalized spacial score (nSPS) is 9.30. The zero-order chi connectivity index (χ0) is 14.8. The van der Waals surface area contributed by atoms with Crippen molar-refractivity contribution in [3.05, 3.63) is 48.5 Å². The molecule has 0 heterocycles. The Morgan fingerprint density at radius 2 is 0.950 bits per heavy atom. The first-order valence-corrected chi connectivity index (χ1v) is 6.93. The molecule has 0 bridgehead atoms. The first-order chi connectivity index (χ1) is 9.74. The minimum absolute atomic E-state index is 0.778. The maximum atomic E-state index is 5.62. The fraction of sp³-hybridized carbons (Fsp3) is 0.250. The highest BCUT2D eigenvalue weighted by atomic mass is 14.9. The van der Waals surface area contributed by atoms with E-state index in [1.165, 1.54) is 0 Å². The van der Waals surface area contributed by atoms with Crippen molar-refractivity contribution in [2.24, 2.45) is 0 Å². The van der Waals surface area contributed by atoms with Gasteiger partial charge in [-0.15, -0.1) is 0 Å². The van der Waals surface area contributed by atoms with E-state index in [1.54, 1.807) is 0 Å². The SMILES string of the molecule is CC.Nc1ccc(NCCNc2ccc(N)cc2)cc1. The molecule has 0 atom stereocenters. The van der Waals surface area contributed by atoms with Gasteiger partial charge in [-0.1, -0.05) is 13.8 Å². The summed E-state index contributed by atoms with van der Waals surface area (Å²) in [5.74, 6) is 0. The van der Waals surface area contributed by atoms with Gasteiger partial charge in [-0.3, -0.25) is 0 Å². The van der Waals surface area contributed by atoms with Crippen LogP contribution in [0, 0.1) is 0 Å². The molecule has 0 saturated carbocycles. The fourth-order valence-corrected chi connectivity index (χ4v) is 1.62. The largest absolute Gasteiger partial charge is 0.399 e. The Bertz CT molecular complexity index is 429. The van der Waals surface area contributed by atoms with E-state index < -0.39 is 0 Å². The number of nitrogens with two attached hydrogens (primary N) is 2. The lowest BCUT2D eigenvalue weighted by Crippen LogP contribution is -2.13. The second kappa shape index (κ2) is 8.69. The molecule has 20 heavy (non-hydrogen) atoms. The van der Waals surface area contributed by atoms with Gasteiger partial charge in [-0.2, -0.15) is 0 Å². The Morgan fingerprint density at radius 1 is 0.650 bits per heavy atom. The first kappa shape index (κ1) is 15.7. The van der Waals surface area contributed by atoms with E-state index in [2.05, 4.69) is 10.6 Å². The maximum Gasteiger partial charge on any atom is 0.0342 e. The van der Waals surface area contributed by atoms with E-state index >= 15 is 0 Å². The summed E-state index contributed by atoms with van der Waals surface area (Å²) in [6.45, 7) is 5.68. The summed E-state index contributed by atoms with van der Waals surface area (Å²) >= 11 is 0. The van der Waals surface area contributed by atoms with Crippen LogP contribution in [0.5, 0.6) is 0 Å². The van der Waals surface area contributed by atoms with Crippen molar-refractivity contribution in [1.82, 2.24) is 0 Å². The summed E-state index contributed by atoms with van der Waals surface area (Å²) < 4.78 is 0. The molecule has 2 aromatic rings. The molecule has 0 spiro atoms. The van der Waals surface area contributed by atoms with Crippen LogP contribution in [0.15, 0.2) is 48.5 Å². The average Bonchev–Trinajstić information content (AvgIpc) is 2.49. The lowest BCUT2D eigenvalue weighted by Gasteiger charge is -2.09. The maximum absolute atomic E-state index is 5.62. The molecule has 4 heteroatoms. The van der Waals surface area contributed by atoms with Crippen LogP contribution < -0.4 is 22.1 Å². The lowest BCUT2D eigenvalue weighted by atomic mass is 10.3. The van der Waals surface area contributed by atoms with Gasteiger partial charge >= 0.3 is 0 Å². The topological polar surface area (TPSA) is 76.1 Å². The third-order valence-electron chi connectivity index (χ3n) is 2.60. The van der Waals surface area contributed by atoms with Crippen molar-refractivity contribution in [2.45, 2.75) is 13.8 Å². The van der Waals surface area contributed by atoms with Gasteiger partial charge in [-0.05, 0) is 48.5 Å². The Kier molecular flexibility index (Phi) is 6.82. The summed E-state index contributed by atoms with van der Waals surface area (Å²) in [7, 11) is 0. The van der Waals surface area contributed by atoms with Gasteiger partial charge in [-0.25, -0.2) is 0 Å². The molecule has 4 nitrogen and oxygen atoms in total. The smallest absolute Gasteiger partial charge is 0.0342 e. The molecular formula is C16H24N4. The van der Waals surface area contributed by atoms with E-state index in [4.69, 9.17) is 11.5 Å². The second-order valence-corrected chi connectivity index (χ2v) is 4.10. The Hall–Kier alpha value is -2.36. The van der Waals surface area contributed by atoms with Gasteiger partial charge in [0.1, 0.15) is 0 Å². The molecule has 0 aliphatic carbocycles. The molecule has 2 rings (SSSR count). The Morgan fingerprint density at radius 3 is 1.25 bits per heavy atom. The first-order valence-electron chi connectivity index (χ1n) is 6.93. The standard InChI is InChI=1S/C14H18N4.C2H6/c15-11-1-5-13(6-2-11)17-9-10-18-14-7-3-12(16)4-8-14;1-2/h1-8,17-18H,9-10,15-16H2;1-2H3. The number of nitrogens with one attached hydrogen (secondary N) is 2. The van der Waals surface area contributed by atoms with E-state index in [0.29, 0.717) is 0 Å². The third-order valence-corrected chi connectivity index (χ3v) is 2.60. The molecule has 0 aromatic heterocycles. The molecule has 6 N–H and O–H groups in total. The van der Waals surface area contributed by atoms with Crippen LogP contribution in [-0.4, -0.2) is 13.1 Å². The van der Waals surface area contributed by atoms with Crippen LogP contribution >= 0.6 is 0 Å². The van der Waals surface area contributed by atoms with Crippen LogP contribution in [0.25, 0.3) is 0 Å². The highest BCUT2D eigenvalue weighted by molar-refractivity contribution is 5.52. The number of anilines is 4. The lowest BCUT2D eigenvalue weighted by molar-refractivity contribution is 1.08. The number of hydrogen-bond donors (Lipinski definition) is 4. The van der Waals surface area contributed by atoms with Gasteiger partial charge < -0.3 is 22.1 Å². The molecule has 0 fully saturated rings. The summed E-state index contributed by atoms with van der Waals surface area (Å²) in [6, 6.07) is 15.4. The van der Waals surface area contributed by atoms with Crippen LogP contribution in [0.2, 0.25) is 0 Å². The molecular weight excluding hydrogens is 248 g/mol. The van der Waals surface area contributed by atoms with Gasteiger partial charge in [0.2, 0.25) is 0 Å². The molecule has 0 aliphatic rings. The molecule has 0 saturated heterocycles. The molecule has 0 radical (unpaired) electrons. The van der Waals surface area contributed by atoms with Gasteiger partial charge in [0.15, 0.2) is 0 Å². The van der Waals surface area contributed by atoms with Crippen molar-refractivity contribution in [3.8, 4) is 0 Å². The van der Waals surface area contributed by atoms with Crippen molar-refractivity contribution in [2.75, 3.05) is 35.2 Å². The highest BCUT2D eigenvalue weighted by Gasteiger charge is 1.93. The summed E-state index contributed by atoms with van der Waals surface area (Å²) in [4.78, 5) is 0. The molecule has 0 unspecified atom stereocenters. The summed E-state index contributed by atoms with van der Waals surface area (Å²) in [6.07, 6.45) is 0. The fourth-order valence-electron chi connectivity index (χ4n) is 1.62. The average molecular weight is 272 g/mol. The number of hydrogen-bond acceptors (Lipinski definition) is 4. The monoisotopic (exact) mass is 272 g/mol. The van der Waals surface area contributed by atoms with Gasteiger partial charge in [0.05, 0.1) is 0 Å². The second-order valence-electron chi connectivity index (χ2n) is 4.10. The van der Waals surface area contributed by atoms with Crippen molar-refractivity contribution >= 4 is 22.7 Å². The third kappa shape index (κ3) is 5.52. The van der Waals surface area contributed by atoms with Crippen molar-refractivity contribution in [1.29, 1.82) is 0 Å². The molecule has 0 amide bonds. The zero-order valence-electron chi connectivity index (χ0n) is 12.2. The number of rotatable bonds is 5. The van der Waals surface area contributed by atoms with Crippen molar-refractivity contribution in [3.63, 3.8) is 0 Å². The van der Waals surface area contributed by atoms with Crippen LogP contribution in [0.3, 0.4) is 0 Å². The van der Waals surface area contributed by atoms with E-state index in [9.17, 15) is 0 Å². The van der Waals surface area contributed by atoms with E-state index in [-0.39, 0.29) is 0 Å². The van der Waals surface area contributed by atoms with Crippen LogP contribution in [-0.2, 0) is 0 Å². The van der Waals surface area contributed by atoms with Gasteiger partial charge in [0, 0.05) is 35.8 Å². The zero-order valence-corrected chi connectivity index (χ0v) is 12.2. The quantitative estimate of drug-likeness (QED) is 0.497. The van der Waals surface area contributed by atoms with Crippen LogP contribution in [0.4, 0.5) is 22.7 Å².